The van der Waals surface area contributed by atoms with Crippen LogP contribution in [0.2, 0.25) is 0 Å². The predicted molar refractivity (Wildman–Crippen MR) is 102 cm³/mol. The second-order valence-corrected chi connectivity index (χ2v) is 5.15. The Kier molecular flexibility index (Phi) is 10.6. The van der Waals surface area contributed by atoms with E-state index in [0.29, 0.717) is 0 Å². The van der Waals surface area contributed by atoms with Crippen LogP contribution in [0.25, 0.3) is 0 Å². The number of carbonyl (C=O) groups is 2. The molecule has 0 N–H and O–H groups in total. The summed E-state index contributed by atoms with van der Waals surface area (Å²) in [5, 5.41) is 40.5. The second-order valence-electron chi connectivity index (χ2n) is 5.15. The fraction of sp³-hybridized carbons (Fsp3) is 0.125. The van der Waals surface area contributed by atoms with Crippen molar-refractivity contribution in [3.05, 3.63) is 89.0 Å². The van der Waals surface area contributed by atoms with Gasteiger partial charge in [-0.1, -0.05) is 0 Å². The van der Waals surface area contributed by atoms with Crippen molar-refractivity contribution in [1.82, 2.24) is 0 Å². The van der Waals surface area contributed by atoms with Crippen LogP contribution in [0.5, 0.6) is 0 Å². The van der Waals surface area contributed by atoms with Crippen LogP contribution >= 0.6 is 0 Å². The van der Waals surface area contributed by atoms with Gasteiger partial charge in [0.25, 0.3) is 22.7 Å². The van der Waals surface area contributed by atoms with Crippen molar-refractivity contribution >= 4 is 34.7 Å². The van der Waals surface area contributed by atoms with Gasteiger partial charge in [-0.2, -0.15) is 0 Å². The van der Waals surface area contributed by atoms with Gasteiger partial charge < -0.3 is 4.74 Å². The van der Waals surface area contributed by atoms with Gasteiger partial charge in [-0.25, -0.2) is 0 Å². The third-order valence-corrected chi connectivity index (χ3v) is 2.83. The van der Waals surface area contributed by atoms with E-state index in [0.717, 1.165) is 48.5 Å². The standard InChI is InChI=1S/2C6H4N2O4.C4H6O3/c2*9-7(10)5-1-2-6(4-3-5)8(11)12;1-3(5)7-4(2)6/h2*1-4H;1-2H3. The highest BCUT2D eigenvalue weighted by atomic mass is 16.6. The molecule has 0 heterocycles. The van der Waals surface area contributed by atoms with E-state index in [1.807, 2.05) is 0 Å². The van der Waals surface area contributed by atoms with Crippen LogP contribution in [-0.2, 0) is 14.3 Å². The zero-order chi connectivity index (χ0) is 24.1. The molecule has 0 fully saturated rings. The summed E-state index contributed by atoms with van der Waals surface area (Å²) in [7, 11) is 0. The molecule has 2 aromatic carbocycles. The molecular formula is C16H14N4O11. The first kappa shape index (κ1) is 26.2. The summed E-state index contributed by atoms with van der Waals surface area (Å²) in [5.41, 5.74) is -0.609. The molecule has 164 valence electrons. The van der Waals surface area contributed by atoms with E-state index in [2.05, 4.69) is 4.74 Å². The van der Waals surface area contributed by atoms with E-state index < -0.39 is 31.6 Å². The maximum atomic E-state index is 10.1. The smallest absolute Gasteiger partial charge is 0.310 e. The Bertz CT molecular complexity index is 827. The number of esters is 2. The highest BCUT2D eigenvalue weighted by molar-refractivity contribution is 5.82. The molecule has 0 unspecified atom stereocenters. The first-order valence-electron chi connectivity index (χ1n) is 7.81. The van der Waals surface area contributed by atoms with Crippen molar-refractivity contribution in [3.8, 4) is 0 Å². The molecule has 0 aromatic heterocycles. The van der Waals surface area contributed by atoms with Crippen LogP contribution in [0, 0.1) is 40.5 Å². The number of ether oxygens (including phenoxy) is 1. The SMILES string of the molecule is CC(=O)OC(C)=O.O=[N+]([O-])c1ccc([N+](=O)[O-])cc1.O=[N+]([O-])c1ccc([N+](=O)[O-])cc1. The summed E-state index contributed by atoms with van der Waals surface area (Å²) in [6.07, 6.45) is 0. The first-order valence-corrected chi connectivity index (χ1v) is 7.81. The Hall–Kier alpha value is -4.82. The molecule has 15 nitrogen and oxygen atoms in total. The summed E-state index contributed by atoms with van der Waals surface area (Å²) in [5.74, 6) is -1.12. The summed E-state index contributed by atoms with van der Waals surface area (Å²) < 4.78 is 3.97. The number of nitrogens with zero attached hydrogens (tertiary/aromatic N) is 4. The van der Waals surface area contributed by atoms with Crippen LogP contribution in [0.15, 0.2) is 48.5 Å². The van der Waals surface area contributed by atoms with Crippen molar-refractivity contribution in [1.29, 1.82) is 0 Å². The van der Waals surface area contributed by atoms with Gasteiger partial charge in [0.15, 0.2) is 0 Å². The van der Waals surface area contributed by atoms with Crippen LogP contribution in [0.4, 0.5) is 22.7 Å². The average Bonchev–Trinajstić information content (AvgIpc) is 2.68. The van der Waals surface area contributed by atoms with Crippen molar-refractivity contribution in [2.75, 3.05) is 0 Å². The summed E-state index contributed by atoms with van der Waals surface area (Å²) >= 11 is 0. The molecule has 31 heavy (non-hydrogen) atoms. The van der Waals surface area contributed by atoms with E-state index in [1.54, 1.807) is 0 Å². The van der Waals surface area contributed by atoms with Gasteiger partial charge >= 0.3 is 11.9 Å². The molecule has 2 aromatic rings. The van der Waals surface area contributed by atoms with Crippen molar-refractivity contribution in [2.45, 2.75) is 13.8 Å². The number of nitro groups is 4. The number of carbonyl (C=O) groups excluding carboxylic acids is 2. The highest BCUT2D eigenvalue weighted by Gasteiger charge is 2.09. The number of benzene rings is 2. The zero-order valence-electron chi connectivity index (χ0n) is 15.9. The lowest BCUT2D eigenvalue weighted by molar-refractivity contribution is -0.389. The number of hydrogen-bond donors (Lipinski definition) is 0. The predicted octanol–water partition coefficient (Wildman–Crippen LogP) is 3.10. The molecule has 2 rings (SSSR count). The molecule has 0 amide bonds. The molecule has 0 spiro atoms. The molecular weight excluding hydrogens is 424 g/mol. The largest absolute Gasteiger partial charge is 0.394 e. The molecule has 15 heteroatoms. The van der Waals surface area contributed by atoms with Gasteiger partial charge in [0.05, 0.1) is 19.7 Å². The minimum Gasteiger partial charge on any atom is -0.394 e. The fourth-order valence-electron chi connectivity index (χ4n) is 1.59. The van der Waals surface area contributed by atoms with Gasteiger partial charge in [0.2, 0.25) is 0 Å². The lowest BCUT2D eigenvalue weighted by atomic mass is 10.3. The molecule has 0 saturated heterocycles. The van der Waals surface area contributed by atoms with E-state index >= 15 is 0 Å². The Balaban J connectivity index is 0.000000454. The third kappa shape index (κ3) is 10.9. The minimum absolute atomic E-state index is 0.152. The van der Waals surface area contributed by atoms with Gasteiger partial charge in [0.1, 0.15) is 0 Å². The van der Waals surface area contributed by atoms with E-state index in [9.17, 15) is 50.0 Å². The molecule has 0 atom stereocenters. The fourth-order valence-corrected chi connectivity index (χ4v) is 1.59. The van der Waals surface area contributed by atoms with Crippen molar-refractivity contribution < 1.29 is 34.0 Å². The quantitative estimate of drug-likeness (QED) is 0.292. The molecule has 0 aliphatic heterocycles. The maximum absolute atomic E-state index is 10.1. The van der Waals surface area contributed by atoms with E-state index in [4.69, 9.17) is 0 Å². The first-order chi connectivity index (χ1) is 14.3. The van der Waals surface area contributed by atoms with Gasteiger partial charge in [-0.05, 0) is 0 Å². The Labute approximate surface area is 172 Å². The lowest BCUT2D eigenvalue weighted by Gasteiger charge is -1.90. The van der Waals surface area contributed by atoms with Gasteiger partial charge in [-0.15, -0.1) is 0 Å². The minimum atomic E-state index is -0.607. The van der Waals surface area contributed by atoms with Crippen molar-refractivity contribution in [2.24, 2.45) is 0 Å². The van der Waals surface area contributed by atoms with Crippen molar-refractivity contribution in [3.63, 3.8) is 0 Å². The number of non-ortho nitro benzene ring substituents is 4. The summed E-state index contributed by atoms with van der Waals surface area (Å²) in [6.45, 7) is 2.36. The topological polar surface area (TPSA) is 216 Å². The Morgan fingerprint density at radius 2 is 0.710 bits per heavy atom. The highest BCUT2D eigenvalue weighted by Crippen LogP contribution is 2.17. The molecule has 0 radical (unpaired) electrons. The third-order valence-electron chi connectivity index (χ3n) is 2.83. The molecule has 0 aliphatic carbocycles. The average molecular weight is 438 g/mol. The number of hydrogen-bond acceptors (Lipinski definition) is 11. The maximum Gasteiger partial charge on any atom is 0.310 e. The van der Waals surface area contributed by atoms with E-state index in [-0.39, 0.29) is 22.7 Å². The van der Waals surface area contributed by atoms with Crippen LogP contribution in [0.1, 0.15) is 13.8 Å². The van der Waals surface area contributed by atoms with Gasteiger partial charge in [0, 0.05) is 62.4 Å². The van der Waals surface area contributed by atoms with Crippen LogP contribution in [-0.4, -0.2) is 31.6 Å². The van der Waals surface area contributed by atoms with Gasteiger partial charge in [-0.3, -0.25) is 50.0 Å². The zero-order valence-corrected chi connectivity index (χ0v) is 15.9. The summed E-state index contributed by atoms with van der Waals surface area (Å²) in [4.78, 5) is 57.7. The molecule has 0 saturated carbocycles. The van der Waals surface area contributed by atoms with Crippen LogP contribution < -0.4 is 0 Å². The number of nitro benzene ring substituents is 4. The Morgan fingerprint density at radius 3 is 0.774 bits per heavy atom. The number of rotatable bonds is 4. The molecule has 0 aliphatic rings. The second kappa shape index (κ2) is 12.6. The van der Waals surface area contributed by atoms with Crippen LogP contribution in [0.3, 0.4) is 0 Å². The monoisotopic (exact) mass is 438 g/mol. The molecule has 0 bridgehead atoms. The lowest BCUT2D eigenvalue weighted by Crippen LogP contribution is -2.03. The normalized spacial score (nSPS) is 8.97. The Morgan fingerprint density at radius 1 is 0.548 bits per heavy atom. The van der Waals surface area contributed by atoms with E-state index in [1.165, 1.54) is 13.8 Å². The summed E-state index contributed by atoms with van der Waals surface area (Å²) in [6, 6.07) is 8.76.